The Bertz CT molecular complexity index is 1450. The van der Waals surface area contributed by atoms with Crippen molar-refractivity contribution in [3.8, 4) is 17.2 Å². The summed E-state index contributed by atoms with van der Waals surface area (Å²) in [4.78, 5) is 27.0. The van der Waals surface area contributed by atoms with Gasteiger partial charge in [-0.05, 0) is 30.2 Å². The van der Waals surface area contributed by atoms with Gasteiger partial charge in [0.15, 0.2) is 22.9 Å². The first kappa shape index (κ1) is 24.3. The third-order valence-electron chi connectivity index (χ3n) is 6.26. The molecular weight excluding hydrogens is 491 g/mol. The molecule has 8 nitrogen and oxygen atoms in total. The second-order valence-corrected chi connectivity index (χ2v) is 8.59. The number of rotatable bonds is 2. The Morgan fingerprint density at radius 1 is 1.03 bits per heavy atom. The van der Waals surface area contributed by atoms with Crippen LogP contribution in [0.3, 0.4) is 0 Å². The van der Waals surface area contributed by atoms with Crippen LogP contribution in [-0.4, -0.2) is 46.8 Å². The average Bonchev–Trinajstić information content (AvgIpc) is 2.87. The summed E-state index contributed by atoms with van der Waals surface area (Å²) in [6, 6.07) is 11.9. The normalized spacial score (nSPS) is 18.3. The van der Waals surface area contributed by atoms with Crippen LogP contribution in [0.2, 0.25) is 0 Å². The van der Waals surface area contributed by atoms with Crippen molar-refractivity contribution < 1.29 is 32.5 Å². The fraction of sp³-hybridized carbons (Fsp3) is 0.231. The average molecular weight is 513 g/mol. The highest BCUT2D eigenvalue weighted by atomic mass is 19.4. The van der Waals surface area contributed by atoms with Gasteiger partial charge in [0.2, 0.25) is 5.43 Å². The van der Waals surface area contributed by atoms with E-state index in [2.05, 4.69) is 4.74 Å². The molecule has 11 heteroatoms. The van der Waals surface area contributed by atoms with Crippen molar-refractivity contribution in [2.24, 2.45) is 0 Å². The molecule has 0 spiro atoms. The fourth-order valence-corrected chi connectivity index (χ4v) is 4.63. The van der Waals surface area contributed by atoms with Gasteiger partial charge < -0.3 is 19.5 Å². The van der Waals surface area contributed by atoms with Crippen LogP contribution in [0.15, 0.2) is 71.7 Å². The number of alkyl halides is 3. The van der Waals surface area contributed by atoms with E-state index < -0.39 is 35.2 Å². The van der Waals surface area contributed by atoms with Gasteiger partial charge in [0, 0.05) is 24.4 Å². The lowest BCUT2D eigenvalue weighted by Crippen LogP contribution is -2.55. The van der Waals surface area contributed by atoms with E-state index in [9.17, 15) is 27.9 Å². The lowest BCUT2D eigenvalue weighted by Gasteiger charge is -2.44. The van der Waals surface area contributed by atoms with Crippen molar-refractivity contribution in [1.82, 2.24) is 9.58 Å². The minimum atomic E-state index is -4.95. The predicted molar refractivity (Wildman–Crippen MR) is 127 cm³/mol. The van der Waals surface area contributed by atoms with Gasteiger partial charge in [-0.1, -0.05) is 42.5 Å². The molecule has 0 aliphatic carbocycles. The van der Waals surface area contributed by atoms with Gasteiger partial charge in [-0.25, -0.2) is 0 Å². The topological polar surface area (TPSA) is 84.2 Å². The Morgan fingerprint density at radius 2 is 1.78 bits per heavy atom. The van der Waals surface area contributed by atoms with Crippen LogP contribution in [0, 0.1) is 6.92 Å². The van der Waals surface area contributed by atoms with Gasteiger partial charge in [0.25, 0.3) is 5.91 Å². The molecule has 37 heavy (non-hydrogen) atoms. The zero-order valence-electron chi connectivity index (χ0n) is 19.6. The molecule has 1 N–H and O–H groups in total. The van der Waals surface area contributed by atoms with E-state index in [-0.39, 0.29) is 31.3 Å². The van der Waals surface area contributed by atoms with Crippen molar-refractivity contribution in [3.63, 3.8) is 0 Å². The Kier molecular flexibility index (Phi) is 6.06. The largest absolute Gasteiger partial charge is 0.573 e. The highest BCUT2D eigenvalue weighted by Crippen LogP contribution is 2.43. The van der Waals surface area contributed by atoms with Crippen molar-refractivity contribution in [2.45, 2.75) is 19.3 Å². The molecule has 3 heterocycles. The summed E-state index contributed by atoms with van der Waals surface area (Å²) in [6.45, 7) is 1.89. The maximum absolute atomic E-state index is 13.3. The molecule has 2 aromatic carbocycles. The fourth-order valence-electron chi connectivity index (χ4n) is 4.63. The van der Waals surface area contributed by atoms with Crippen LogP contribution < -0.4 is 19.9 Å². The number of aryl methyl sites for hydroxylation is 1. The number of fused-ring (bicyclic) bond motifs is 5. The van der Waals surface area contributed by atoms with Crippen molar-refractivity contribution in [3.05, 3.63) is 99.5 Å². The first-order valence-corrected chi connectivity index (χ1v) is 11.4. The maximum atomic E-state index is 13.3. The summed E-state index contributed by atoms with van der Waals surface area (Å²) in [5.74, 6) is -1.90. The van der Waals surface area contributed by atoms with E-state index in [1.807, 2.05) is 25.1 Å². The van der Waals surface area contributed by atoms with Gasteiger partial charge in [-0.2, -0.15) is 0 Å². The molecule has 1 atom stereocenters. The molecular formula is C26H22F3N3O5. The molecule has 5 rings (SSSR count). The maximum Gasteiger partial charge on any atom is 0.573 e. The molecule has 1 aromatic heterocycles. The number of carbonyl (C=O) groups is 1. The summed E-state index contributed by atoms with van der Waals surface area (Å²) >= 11 is 0. The van der Waals surface area contributed by atoms with Crippen LogP contribution in [0.1, 0.15) is 33.2 Å². The molecule has 2 aliphatic heterocycles. The summed E-state index contributed by atoms with van der Waals surface area (Å²) in [5.41, 5.74) is 0.907. The number of aromatic nitrogens is 1. The Balaban J connectivity index is 1.82. The Labute approximate surface area is 209 Å². The molecule has 3 aromatic rings. The number of pyridine rings is 1. The Morgan fingerprint density at radius 3 is 2.54 bits per heavy atom. The number of aromatic hydroxyl groups is 1. The molecule has 1 amide bonds. The number of hydrogen-bond donors (Lipinski definition) is 1. The quantitative estimate of drug-likeness (QED) is 0.525. The molecule has 2 bridgehead atoms. The van der Waals surface area contributed by atoms with Crippen molar-refractivity contribution in [2.75, 3.05) is 24.8 Å². The standard InChI is InChI=1S/C26H22F3N3O5/c1-16-7-2-3-8-17(16)21-18-9-6-10-20(37-26(27,28)29)24(18)36-14-5-4-12-30-15-32(21)31-13-11-19(33)23(34)22(31)25(30)35/h2-11,13,21,34H,12,14-15H2,1H3/b5-4-/t21-/m0/s1. The molecule has 0 unspecified atom stereocenters. The van der Waals surface area contributed by atoms with Gasteiger partial charge >= 0.3 is 6.36 Å². The first-order chi connectivity index (χ1) is 17.7. The number of ether oxygens (including phenoxy) is 2. The van der Waals surface area contributed by atoms with E-state index >= 15 is 0 Å². The number of benzene rings is 2. The number of amides is 1. The van der Waals surface area contributed by atoms with E-state index in [1.165, 1.54) is 27.9 Å². The zero-order chi connectivity index (χ0) is 26.3. The molecule has 0 radical (unpaired) electrons. The number of carbonyl (C=O) groups excluding carboxylic acids is 1. The van der Waals surface area contributed by atoms with Crippen LogP contribution in [0.25, 0.3) is 0 Å². The number of para-hydroxylation sites is 1. The minimum Gasteiger partial charge on any atom is -0.502 e. The van der Waals surface area contributed by atoms with E-state index in [4.69, 9.17) is 4.74 Å². The lowest BCUT2D eigenvalue weighted by atomic mass is 9.93. The highest BCUT2D eigenvalue weighted by Gasteiger charge is 2.39. The summed E-state index contributed by atoms with van der Waals surface area (Å²) < 4.78 is 51.4. The van der Waals surface area contributed by atoms with Gasteiger partial charge in [0.1, 0.15) is 19.3 Å². The smallest absolute Gasteiger partial charge is 0.502 e. The SMILES string of the molecule is Cc1ccccc1[C@H]1c2cccc(OC(F)(F)F)c2OC/C=C\CN2CN1n1ccc(=O)c(O)c1C2=O. The monoisotopic (exact) mass is 513 g/mol. The zero-order valence-corrected chi connectivity index (χ0v) is 19.6. The van der Waals surface area contributed by atoms with Crippen LogP contribution in [0.5, 0.6) is 17.2 Å². The van der Waals surface area contributed by atoms with Crippen molar-refractivity contribution >= 4 is 5.91 Å². The third kappa shape index (κ3) is 4.48. The molecule has 0 saturated carbocycles. The van der Waals surface area contributed by atoms with Crippen LogP contribution >= 0.6 is 0 Å². The van der Waals surface area contributed by atoms with E-state index in [0.717, 1.165) is 11.6 Å². The second kappa shape index (κ2) is 9.23. The third-order valence-corrected chi connectivity index (χ3v) is 6.26. The van der Waals surface area contributed by atoms with Gasteiger partial charge in [0.05, 0.1) is 0 Å². The van der Waals surface area contributed by atoms with Gasteiger partial charge in [-0.3, -0.25) is 19.3 Å². The highest BCUT2D eigenvalue weighted by molar-refractivity contribution is 5.96. The van der Waals surface area contributed by atoms with E-state index in [0.29, 0.717) is 11.1 Å². The predicted octanol–water partition coefficient (Wildman–Crippen LogP) is 3.85. The summed E-state index contributed by atoms with van der Waals surface area (Å²) in [5, 5.41) is 12.3. The lowest BCUT2D eigenvalue weighted by molar-refractivity contribution is -0.275. The minimum absolute atomic E-state index is 0.00127. The van der Waals surface area contributed by atoms with Gasteiger partial charge in [-0.15, -0.1) is 13.2 Å². The number of halogens is 3. The van der Waals surface area contributed by atoms with Crippen LogP contribution in [0.4, 0.5) is 13.2 Å². The van der Waals surface area contributed by atoms with Crippen molar-refractivity contribution in [1.29, 1.82) is 0 Å². The summed E-state index contributed by atoms with van der Waals surface area (Å²) in [6.07, 6.45) is -0.383. The number of hydrogen-bond acceptors (Lipinski definition) is 6. The first-order valence-electron chi connectivity index (χ1n) is 11.4. The second-order valence-electron chi connectivity index (χ2n) is 8.59. The van der Waals surface area contributed by atoms with Crippen LogP contribution in [-0.2, 0) is 0 Å². The molecule has 0 saturated heterocycles. The van der Waals surface area contributed by atoms with E-state index in [1.54, 1.807) is 29.3 Å². The molecule has 192 valence electrons. The number of nitrogens with zero attached hydrogens (tertiary/aromatic N) is 3. The molecule has 2 aliphatic rings. The Hall–Kier alpha value is -4.41. The summed E-state index contributed by atoms with van der Waals surface area (Å²) in [7, 11) is 0. The molecule has 0 fully saturated rings.